The van der Waals surface area contributed by atoms with Gasteiger partial charge >= 0.3 is 6.85 Å². The molecule has 0 unspecified atom stereocenters. The van der Waals surface area contributed by atoms with Gasteiger partial charge < -0.3 is 9.71 Å². The average Bonchev–Trinajstić information content (AvgIpc) is 3.49. The lowest BCUT2D eigenvalue weighted by molar-refractivity contribution is 0.717. The van der Waals surface area contributed by atoms with Crippen LogP contribution in [-0.2, 0) is 11.8 Å². The van der Waals surface area contributed by atoms with E-state index >= 15 is 0 Å². The summed E-state index contributed by atoms with van der Waals surface area (Å²) in [6, 6.07) is 56.0. The molecule has 5 aliphatic rings. The summed E-state index contributed by atoms with van der Waals surface area (Å²) in [4.78, 5) is 8.04. The summed E-state index contributed by atoms with van der Waals surface area (Å²) in [6.45, 7) is 2.34. The molecule has 0 amide bonds. The Bertz CT molecular complexity index is 2630. The molecule has 1 spiro atoms. The molecule has 4 heterocycles. The standard InChI is InChI=1S/C48H35BN2S/c1-2-3-4-15-30-28-34-33-18-13-27-44-46(33)51(41-25-11-12-26-43(41)52-44)49-39-23-14-22-38-47(39)50(42(29-30)45(34)49)40-24-10-9-21-37(40)48(38)35-19-7-5-16-31(35)32-17-6-8-20-36(32)48/h5-14,16-29H,2-4,15H2,1H3. The summed E-state index contributed by atoms with van der Waals surface area (Å²) >= 11 is 1.92. The second-order valence-electron chi connectivity index (χ2n) is 15.0. The van der Waals surface area contributed by atoms with E-state index in [0.717, 1.165) is 6.42 Å². The smallest absolute Gasteiger partial charge is 0.333 e. The van der Waals surface area contributed by atoms with Crippen LogP contribution in [0.25, 0.3) is 22.3 Å². The molecule has 0 N–H and O–H groups in total. The van der Waals surface area contributed by atoms with Gasteiger partial charge in [0.05, 0.1) is 16.8 Å². The zero-order valence-corrected chi connectivity index (χ0v) is 29.9. The van der Waals surface area contributed by atoms with Crippen LogP contribution >= 0.6 is 11.8 Å². The van der Waals surface area contributed by atoms with Crippen molar-refractivity contribution >= 4 is 58.0 Å². The summed E-state index contributed by atoms with van der Waals surface area (Å²) < 4.78 is 0. The highest BCUT2D eigenvalue weighted by atomic mass is 32.2. The Hall–Kier alpha value is -5.45. The highest BCUT2D eigenvalue weighted by Crippen LogP contribution is 2.64. The first kappa shape index (κ1) is 29.2. The number of fused-ring (bicyclic) bond motifs is 15. The van der Waals surface area contributed by atoms with Crippen LogP contribution in [0.2, 0.25) is 0 Å². The van der Waals surface area contributed by atoms with E-state index in [1.807, 2.05) is 11.8 Å². The average molecular weight is 683 g/mol. The number of nitrogens with zero attached hydrogens (tertiary/aromatic N) is 2. The van der Waals surface area contributed by atoms with Crippen molar-refractivity contribution in [3.05, 3.63) is 173 Å². The van der Waals surface area contributed by atoms with E-state index in [1.165, 1.54) is 118 Å². The molecule has 4 heteroatoms. The van der Waals surface area contributed by atoms with Crippen LogP contribution in [0.4, 0.5) is 28.4 Å². The normalized spacial score (nSPS) is 15.3. The van der Waals surface area contributed by atoms with Crippen molar-refractivity contribution < 1.29 is 0 Å². The van der Waals surface area contributed by atoms with Crippen molar-refractivity contribution in [1.29, 1.82) is 0 Å². The molecule has 2 nitrogen and oxygen atoms in total. The predicted octanol–water partition coefficient (Wildman–Crippen LogP) is 11.3. The van der Waals surface area contributed by atoms with Gasteiger partial charge in [-0.2, -0.15) is 0 Å². The Morgan fingerprint density at radius 2 is 1.19 bits per heavy atom. The maximum absolute atomic E-state index is 2.70. The molecule has 0 bridgehead atoms. The molecular weight excluding hydrogens is 647 g/mol. The van der Waals surface area contributed by atoms with Crippen molar-refractivity contribution in [3.63, 3.8) is 0 Å². The highest BCUT2D eigenvalue weighted by Gasteiger charge is 2.56. The van der Waals surface area contributed by atoms with Crippen molar-refractivity contribution in [2.45, 2.75) is 47.8 Å². The molecule has 0 atom stereocenters. The van der Waals surface area contributed by atoms with E-state index in [2.05, 4.69) is 162 Å². The number of benzene rings is 7. The van der Waals surface area contributed by atoms with Gasteiger partial charge in [0, 0.05) is 32.4 Å². The van der Waals surface area contributed by atoms with Crippen LogP contribution in [-0.4, -0.2) is 6.85 Å². The Balaban J connectivity index is 1.24. The van der Waals surface area contributed by atoms with Crippen LogP contribution in [0.3, 0.4) is 0 Å². The molecule has 0 fully saturated rings. The molecule has 0 radical (unpaired) electrons. The number of rotatable bonds is 4. The van der Waals surface area contributed by atoms with Gasteiger partial charge in [0.25, 0.3) is 0 Å². The third kappa shape index (κ3) is 3.49. The minimum Gasteiger partial charge on any atom is -0.374 e. The topological polar surface area (TPSA) is 6.48 Å². The number of para-hydroxylation sites is 4. The Labute approximate surface area is 309 Å². The fourth-order valence-corrected chi connectivity index (χ4v) is 11.6. The van der Waals surface area contributed by atoms with Gasteiger partial charge in [-0.05, 0) is 98.6 Å². The van der Waals surface area contributed by atoms with E-state index in [0.29, 0.717) is 0 Å². The van der Waals surface area contributed by atoms with E-state index in [-0.39, 0.29) is 6.85 Å². The number of unbranched alkanes of at least 4 members (excludes halogenated alkanes) is 2. The van der Waals surface area contributed by atoms with Crippen LogP contribution in [0.15, 0.2) is 155 Å². The fraction of sp³-hybridized carbons (Fsp3) is 0.125. The van der Waals surface area contributed by atoms with Gasteiger partial charge in [-0.1, -0.05) is 147 Å². The second kappa shape index (κ2) is 10.6. The van der Waals surface area contributed by atoms with E-state index < -0.39 is 5.41 Å². The zero-order chi connectivity index (χ0) is 34.1. The molecule has 7 aromatic carbocycles. The summed E-state index contributed by atoms with van der Waals surface area (Å²) in [5.41, 5.74) is 21.4. The molecule has 0 saturated carbocycles. The molecule has 52 heavy (non-hydrogen) atoms. The van der Waals surface area contributed by atoms with Gasteiger partial charge in [-0.3, -0.25) is 0 Å². The van der Waals surface area contributed by atoms with Crippen molar-refractivity contribution in [2.75, 3.05) is 9.71 Å². The Kier molecular flexibility index (Phi) is 5.92. The molecule has 0 aromatic heterocycles. The summed E-state index contributed by atoms with van der Waals surface area (Å²) in [5.74, 6) is 0. The van der Waals surface area contributed by atoms with Gasteiger partial charge in [0.1, 0.15) is 0 Å². The number of aryl methyl sites for hydroxylation is 1. The number of anilines is 5. The van der Waals surface area contributed by atoms with Gasteiger partial charge in [0.2, 0.25) is 0 Å². The predicted molar refractivity (Wildman–Crippen MR) is 218 cm³/mol. The molecule has 7 aromatic rings. The third-order valence-electron chi connectivity index (χ3n) is 12.4. The Morgan fingerprint density at radius 1 is 0.538 bits per heavy atom. The quantitative estimate of drug-likeness (QED) is 0.135. The van der Waals surface area contributed by atoms with E-state index in [9.17, 15) is 0 Å². The Morgan fingerprint density at radius 3 is 2.00 bits per heavy atom. The summed E-state index contributed by atoms with van der Waals surface area (Å²) in [7, 11) is 0. The van der Waals surface area contributed by atoms with Crippen LogP contribution in [0.1, 0.15) is 54.0 Å². The monoisotopic (exact) mass is 682 g/mol. The molecule has 246 valence electrons. The van der Waals surface area contributed by atoms with Gasteiger partial charge in [0.15, 0.2) is 0 Å². The lowest BCUT2D eigenvalue weighted by Gasteiger charge is -2.52. The maximum atomic E-state index is 2.70. The largest absolute Gasteiger partial charge is 0.374 e. The van der Waals surface area contributed by atoms with E-state index in [4.69, 9.17) is 0 Å². The fourth-order valence-electron chi connectivity index (χ4n) is 10.5. The van der Waals surface area contributed by atoms with Gasteiger partial charge in [-0.15, -0.1) is 0 Å². The van der Waals surface area contributed by atoms with Crippen molar-refractivity contribution in [2.24, 2.45) is 0 Å². The third-order valence-corrected chi connectivity index (χ3v) is 13.5. The first-order valence-electron chi connectivity index (χ1n) is 18.9. The van der Waals surface area contributed by atoms with Crippen molar-refractivity contribution in [1.82, 2.24) is 0 Å². The van der Waals surface area contributed by atoms with Crippen molar-refractivity contribution in [3.8, 4) is 22.3 Å². The highest BCUT2D eigenvalue weighted by molar-refractivity contribution is 7.99. The number of hydrogen-bond donors (Lipinski definition) is 0. The molecule has 4 aliphatic heterocycles. The van der Waals surface area contributed by atoms with Crippen LogP contribution in [0.5, 0.6) is 0 Å². The molecule has 1 aliphatic carbocycles. The lowest BCUT2D eigenvalue weighted by atomic mass is 9.42. The summed E-state index contributed by atoms with van der Waals surface area (Å²) in [6.07, 6.45) is 4.76. The maximum Gasteiger partial charge on any atom is 0.333 e. The zero-order valence-electron chi connectivity index (χ0n) is 29.1. The van der Waals surface area contributed by atoms with Crippen LogP contribution in [0, 0.1) is 0 Å². The second-order valence-corrected chi connectivity index (χ2v) is 16.0. The minimum absolute atomic E-state index is 0.0331. The molecule has 12 rings (SSSR count). The first-order valence-corrected chi connectivity index (χ1v) is 19.7. The number of hydrogen-bond acceptors (Lipinski definition) is 3. The summed E-state index contributed by atoms with van der Waals surface area (Å²) in [5, 5.41) is 0. The lowest BCUT2D eigenvalue weighted by Crippen LogP contribution is -2.63. The first-order chi connectivity index (χ1) is 25.8. The minimum atomic E-state index is -0.432. The van der Waals surface area contributed by atoms with E-state index in [1.54, 1.807) is 0 Å². The van der Waals surface area contributed by atoms with Gasteiger partial charge in [-0.25, -0.2) is 0 Å². The SMILES string of the molecule is CCCCCc1cc2c3c(c1)N1c4ccccc4C4(c5ccccc5-c5ccccc54)c4cccc(c41)B3N1c3ccccc3Sc3cccc-2c31. The molecular formula is C48H35BN2S. The molecule has 0 saturated heterocycles. The van der Waals surface area contributed by atoms with Crippen LogP contribution < -0.4 is 20.6 Å².